The van der Waals surface area contributed by atoms with Crippen molar-refractivity contribution in [3.63, 3.8) is 0 Å². The van der Waals surface area contributed by atoms with E-state index in [-0.39, 0.29) is 12.5 Å². The number of ether oxygens (including phenoxy) is 1. The van der Waals surface area contributed by atoms with E-state index in [0.29, 0.717) is 25.7 Å². The van der Waals surface area contributed by atoms with Gasteiger partial charge in [0, 0.05) is 19.0 Å². The standard InChI is InChI=1S/C14H21N3O2/c15-14(17-6-8-19-9-7-17)16-10-13(11-18)12-4-2-1-3-5-12/h1-5,13,18H,6-11H2,(H2,15,16). The normalized spacial score (nSPS) is 18.4. The first kappa shape index (κ1) is 13.8. The lowest BCUT2D eigenvalue weighted by Crippen LogP contribution is -2.45. The molecule has 0 radical (unpaired) electrons. The van der Waals surface area contributed by atoms with Gasteiger partial charge in [0.2, 0.25) is 0 Å². The summed E-state index contributed by atoms with van der Waals surface area (Å²) in [5, 5.41) is 9.46. The molecule has 1 unspecified atom stereocenters. The molecule has 19 heavy (non-hydrogen) atoms. The van der Waals surface area contributed by atoms with Gasteiger partial charge < -0.3 is 20.5 Å². The van der Waals surface area contributed by atoms with Gasteiger partial charge in [-0.3, -0.25) is 4.99 Å². The highest BCUT2D eigenvalue weighted by molar-refractivity contribution is 5.78. The summed E-state index contributed by atoms with van der Waals surface area (Å²) in [7, 11) is 0. The number of rotatable bonds is 4. The monoisotopic (exact) mass is 263 g/mol. The van der Waals surface area contributed by atoms with Crippen LogP contribution in [-0.4, -0.2) is 55.4 Å². The smallest absolute Gasteiger partial charge is 0.191 e. The van der Waals surface area contributed by atoms with Gasteiger partial charge in [-0.05, 0) is 5.56 Å². The molecule has 2 rings (SSSR count). The third kappa shape index (κ3) is 3.94. The molecule has 0 saturated carbocycles. The molecule has 5 heteroatoms. The fraction of sp³-hybridized carbons (Fsp3) is 0.500. The van der Waals surface area contributed by atoms with Crippen molar-refractivity contribution >= 4 is 5.96 Å². The number of morpholine rings is 1. The molecular formula is C14H21N3O2. The summed E-state index contributed by atoms with van der Waals surface area (Å²) in [5.74, 6) is 0.540. The molecule has 0 spiro atoms. The number of nitrogens with two attached hydrogens (primary N) is 1. The average molecular weight is 263 g/mol. The molecule has 0 bridgehead atoms. The van der Waals surface area contributed by atoms with Crippen molar-refractivity contribution in [1.29, 1.82) is 0 Å². The molecule has 1 fully saturated rings. The van der Waals surface area contributed by atoms with E-state index in [4.69, 9.17) is 10.5 Å². The number of aliphatic imine (C=N–C) groups is 1. The van der Waals surface area contributed by atoms with Crippen LogP contribution >= 0.6 is 0 Å². The second-order valence-corrected chi connectivity index (χ2v) is 4.59. The zero-order valence-corrected chi connectivity index (χ0v) is 11.0. The minimum absolute atomic E-state index is 0.000732. The van der Waals surface area contributed by atoms with Crippen LogP contribution in [0.4, 0.5) is 0 Å². The first-order valence-corrected chi connectivity index (χ1v) is 6.59. The van der Waals surface area contributed by atoms with Gasteiger partial charge in [-0.15, -0.1) is 0 Å². The fourth-order valence-corrected chi connectivity index (χ4v) is 2.09. The van der Waals surface area contributed by atoms with Gasteiger partial charge in [0.1, 0.15) is 0 Å². The van der Waals surface area contributed by atoms with Gasteiger partial charge in [0.05, 0.1) is 26.4 Å². The Morgan fingerprint density at radius 2 is 2.00 bits per heavy atom. The second kappa shape index (κ2) is 7.11. The van der Waals surface area contributed by atoms with Crippen molar-refractivity contribution in [3.8, 4) is 0 Å². The first-order chi connectivity index (χ1) is 9.31. The topological polar surface area (TPSA) is 71.1 Å². The van der Waals surface area contributed by atoms with Crippen LogP contribution in [-0.2, 0) is 4.74 Å². The van der Waals surface area contributed by atoms with E-state index in [1.54, 1.807) is 0 Å². The Morgan fingerprint density at radius 1 is 1.32 bits per heavy atom. The summed E-state index contributed by atoms with van der Waals surface area (Å²) in [5.41, 5.74) is 7.05. The number of hydrogen-bond acceptors (Lipinski definition) is 3. The number of aliphatic hydroxyl groups is 1. The molecule has 5 nitrogen and oxygen atoms in total. The van der Waals surface area contributed by atoms with Gasteiger partial charge in [-0.1, -0.05) is 30.3 Å². The lowest BCUT2D eigenvalue weighted by molar-refractivity contribution is 0.0674. The quantitative estimate of drug-likeness (QED) is 0.610. The van der Waals surface area contributed by atoms with Crippen LogP contribution in [0.5, 0.6) is 0 Å². The lowest BCUT2D eigenvalue weighted by atomic mass is 10.0. The fourth-order valence-electron chi connectivity index (χ4n) is 2.09. The molecule has 1 atom stereocenters. The van der Waals surface area contributed by atoms with E-state index >= 15 is 0 Å². The van der Waals surface area contributed by atoms with Crippen molar-refractivity contribution in [2.75, 3.05) is 39.5 Å². The summed E-state index contributed by atoms with van der Waals surface area (Å²) in [6.07, 6.45) is 0. The highest BCUT2D eigenvalue weighted by atomic mass is 16.5. The third-order valence-electron chi connectivity index (χ3n) is 3.30. The zero-order chi connectivity index (χ0) is 13.5. The Labute approximate surface area is 113 Å². The highest BCUT2D eigenvalue weighted by Crippen LogP contribution is 2.15. The van der Waals surface area contributed by atoms with E-state index in [2.05, 4.69) is 4.99 Å². The molecule has 0 amide bonds. The Kier molecular flexibility index (Phi) is 5.18. The predicted octanol–water partition coefficient (Wildman–Crippen LogP) is 0.409. The largest absolute Gasteiger partial charge is 0.396 e. The summed E-state index contributed by atoms with van der Waals surface area (Å²) >= 11 is 0. The Balaban J connectivity index is 1.95. The van der Waals surface area contributed by atoms with Crippen LogP contribution in [0.1, 0.15) is 11.5 Å². The maximum absolute atomic E-state index is 9.46. The summed E-state index contributed by atoms with van der Waals surface area (Å²) in [6.45, 7) is 3.53. The van der Waals surface area contributed by atoms with E-state index in [9.17, 15) is 5.11 Å². The molecule has 0 aromatic heterocycles. The maximum atomic E-state index is 9.46. The average Bonchev–Trinajstić information content (AvgIpc) is 2.49. The van der Waals surface area contributed by atoms with Gasteiger partial charge in [-0.25, -0.2) is 0 Å². The molecule has 0 aliphatic carbocycles. The van der Waals surface area contributed by atoms with E-state index in [0.717, 1.165) is 18.7 Å². The lowest BCUT2D eigenvalue weighted by Gasteiger charge is -2.27. The van der Waals surface area contributed by atoms with Crippen molar-refractivity contribution in [2.24, 2.45) is 10.7 Å². The number of hydrogen-bond donors (Lipinski definition) is 2. The van der Waals surface area contributed by atoms with E-state index in [1.807, 2.05) is 35.2 Å². The van der Waals surface area contributed by atoms with E-state index in [1.165, 1.54) is 0 Å². The minimum Gasteiger partial charge on any atom is -0.396 e. The second-order valence-electron chi connectivity index (χ2n) is 4.59. The number of nitrogens with zero attached hydrogens (tertiary/aromatic N) is 2. The van der Waals surface area contributed by atoms with E-state index < -0.39 is 0 Å². The van der Waals surface area contributed by atoms with Crippen molar-refractivity contribution in [2.45, 2.75) is 5.92 Å². The number of benzene rings is 1. The number of aliphatic hydroxyl groups excluding tert-OH is 1. The molecule has 1 aromatic carbocycles. The molecule has 1 aliphatic rings. The number of guanidine groups is 1. The molecule has 1 heterocycles. The summed E-state index contributed by atoms with van der Waals surface area (Å²) < 4.78 is 5.27. The van der Waals surface area contributed by atoms with Gasteiger partial charge in [0.25, 0.3) is 0 Å². The van der Waals surface area contributed by atoms with Gasteiger partial charge >= 0.3 is 0 Å². The van der Waals surface area contributed by atoms with Crippen molar-refractivity contribution in [3.05, 3.63) is 35.9 Å². The molecule has 1 aromatic rings. The first-order valence-electron chi connectivity index (χ1n) is 6.59. The highest BCUT2D eigenvalue weighted by Gasteiger charge is 2.14. The molecular weight excluding hydrogens is 242 g/mol. The van der Waals surface area contributed by atoms with Gasteiger partial charge in [0.15, 0.2) is 5.96 Å². The predicted molar refractivity (Wildman–Crippen MR) is 75.2 cm³/mol. The van der Waals surface area contributed by atoms with Crippen LogP contribution in [0.25, 0.3) is 0 Å². The molecule has 1 aliphatic heterocycles. The van der Waals surface area contributed by atoms with Crippen molar-refractivity contribution in [1.82, 2.24) is 4.90 Å². The minimum atomic E-state index is 0.000732. The van der Waals surface area contributed by atoms with Crippen LogP contribution in [0.2, 0.25) is 0 Å². The Morgan fingerprint density at radius 3 is 2.63 bits per heavy atom. The van der Waals surface area contributed by atoms with Gasteiger partial charge in [-0.2, -0.15) is 0 Å². The van der Waals surface area contributed by atoms with Crippen LogP contribution < -0.4 is 5.73 Å². The molecule has 1 saturated heterocycles. The van der Waals surface area contributed by atoms with Crippen LogP contribution in [0.3, 0.4) is 0 Å². The summed E-state index contributed by atoms with van der Waals surface area (Å²) in [4.78, 5) is 6.42. The third-order valence-corrected chi connectivity index (χ3v) is 3.30. The molecule has 104 valence electrons. The Hall–Kier alpha value is -1.59. The van der Waals surface area contributed by atoms with Crippen molar-refractivity contribution < 1.29 is 9.84 Å². The maximum Gasteiger partial charge on any atom is 0.191 e. The molecule has 3 N–H and O–H groups in total. The summed E-state index contributed by atoms with van der Waals surface area (Å²) in [6, 6.07) is 9.89. The zero-order valence-electron chi connectivity index (χ0n) is 11.0. The van der Waals surface area contributed by atoms with Crippen LogP contribution in [0.15, 0.2) is 35.3 Å². The van der Waals surface area contributed by atoms with Crippen LogP contribution in [0, 0.1) is 0 Å². The Bertz CT molecular complexity index is 402. The SMILES string of the molecule is NC(=NCC(CO)c1ccccc1)N1CCOCC1.